The molecular formula is C18H24O. The van der Waals surface area contributed by atoms with Crippen LogP contribution in [0.15, 0.2) is 18.2 Å². The second-order valence-corrected chi connectivity index (χ2v) is 6.89. The summed E-state index contributed by atoms with van der Waals surface area (Å²) in [4.78, 5) is 0. The highest BCUT2D eigenvalue weighted by Gasteiger charge is 2.51. The molecule has 1 aromatic carbocycles. The Labute approximate surface area is 116 Å². The van der Waals surface area contributed by atoms with Gasteiger partial charge in [-0.15, -0.1) is 0 Å². The highest BCUT2D eigenvalue weighted by atomic mass is 16.5. The molecule has 3 aliphatic rings. The number of ether oxygens (including phenoxy) is 1. The monoisotopic (exact) mass is 256 g/mol. The van der Waals surface area contributed by atoms with Crippen molar-refractivity contribution in [2.24, 2.45) is 11.8 Å². The van der Waals surface area contributed by atoms with Gasteiger partial charge in [0.2, 0.25) is 0 Å². The summed E-state index contributed by atoms with van der Waals surface area (Å²) in [7, 11) is 1.80. The number of fused-ring (bicyclic) bond motifs is 1. The van der Waals surface area contributed by atoms with Gasteiger partial charge in [0.05, 0.1) is 7.11 Å². The van der Waals surface area contributed by atoms with Crippen LogP contribution in [-0.4, -0.2) is 7.11 Å². The fourth-order valence-electron chi connectivity index (χ4n) is 5.46. The Kier molecular flexibility index (Phi) is 2.65. The van der Waals surface area contributed by atoms with E-state index in [-0.39, 0.29) is 0 Å². The third kappa shape index (κ3) is 1.60. The van der Waals surface area contributed by atoms with Gasteiger partial charge in [0.15, 0.2) is 0 Å². The van der Waals surface area contributed by atoms with Gasteiger partial charge in [-0.3, -0.25) is 0 Å². The van der Waals surface area contributed by atoms with E-state index in [4.69, 9.17) is 4.74 Å². The minimum atomic E-state index is 0.517. The van der Waals surface area contributed by atoms with E-state index in [0.717, 1.165) is 17.6 Å². The van der Waals surface area contributed by atoms with Crippen molar-refractivity contribution in [2.45, 2.75) is 56.8 Å². The average molecular weight is 256 g/mol. The largest absolute Gasteiger partial charge is 0.497 e. The topological polar surface area (TPSA) is 9.23 Å². The van der Waals surface area contributed by atoms with Crippen molar-refractivity contribution in [2.75, 3.05) is 7.11 Å². The molecule has 1 heteroatoms. The molecule has 1 nitrogen and oxygen atoms in total. The van der Waals surface area contributed by atoms with E-state index in [9.17, 15) is 0 Å². The Balaban J connectivity index is 1.88. The molecule has 0 aliphatic heterocycles. The molecule has 0 saturated heterocycles. The van der Waals surface area contributed by atoms with Crippen molar-refractivity contribution < 1.29 is 4.74 Å². The van der Waals surface area contributed by atoms with Crippen molar-refractivity contribution in [1.82, 2.24) is 0 Å². The zero-order valence-corrected chi connectivity index (χ0v) is 12.0. The fraction of sp³-hybridized carbons (Fsp3) is 0.667. The lowest BCUT2D eigenvalue weighted by molar-refractivity contribution is 0.0521. The molecule has 0 spiro atoms. The van der Waals surface area contributed by atoms with E-state index >= 15 is 0 Å². The maximum atomic E-state index is 5.49. The van der Waals surface area contributed by atoms with E-state index in [1.807, 2.05) is 0 Å². The number of hydrogen-bond acceptors (Lipinski definition) is 1. The molecule has 19 heavy (non-hydrogen) atoms. The van der Waals surface area contributed by atoms with E-state index in [1.54, 1.807) is 18.2 Å². The molecule has 2 fully saturated rings. The van der Waals surface area contributed by atoms with E-state index in [1.165, 1.54) is 51.4 Å². The van der Waals surface area contributed by atoms with E-state index in [2.05, 4.69) is 18.2 Å². The van der Waals surface area contributed by atoms with Crippen LogP contribution in [0.5, 0.6) is 5.75 Å². The summed E-state index contributed by atoms with van der Waals surface area (Å²) >= 11 is 0. The Hall–Kier alpha value is -0.980. The van der Waals surface area contributed by atoms with Gasteiger partial charge in [-0.05, 0) is 72.6 Å². The van der Waals surface area contributed by atoms with Crippen molar-refractivity contribution in [1.29, 1.82) is 0 Å². The molecule has 0 amide bonds. The van der Waals surface area contributed by atoms with E-state index in [0.29, 0.717) is 5.41 Å². The Bertz CT molecular complexity index is 488. The molecule has 102 valence electrons. The summed E-state index contributed by atoms with van der Waals surface area (Å²) in [5.41, 5.74) is 3.81. The van der Waals surface area contributed by atoms with Crippen molar-refractivity contribution in [3.05, 3.63) is 29.3 Å². The molecular weight excluding hydrogens is 232 g/mol. The second kappa shape index (κ2) is 4.26. The maximum absolute atomic E-state index is 5.49. The molecule has 0 N–H and O–H groups in total. The summed E-state index contributed by atoms with van der Waals surface area (Å²) in [5.74, 6) is 2.99. The molecule has 0 unspecified atom stereocenters. The molecule has 3 aliphatic carbocycles. The summed E-state index contributed by atoms with van der Waals surface area (Å²) < 4.78 is 5.49. The zero-order valence-electron chi connectivity index (χ0n) is 12.0. The second-order valence-electron chi connectivity index (χ2n) is 6.89. The summed E-state index contributed by atoms with van der Waals surface area (Å²) in [6, 6.07) is 6.88. The number of hydrogen-bond donors (Lipinski definition) is 0. The van der Waals surface area contributed by atoms with Crippen LogP contribution in [0.4, 0.5) is 0 Å². The van der Waals surface area contributed by atoms with Gasteiger partial charge in [-0.1, -0.05) is 25.3 Å². The fourth-order valence-corrected chi connectivity index (χ4v) is 5.46. The normalized spacial score (nSPS) is 36.3. The standard InChI is InChI=1S/C18H24O/c1-19-15-8-7-14-11-13-5-4-10-18(17(14)12-15)9-3-2-6-16(13)18/h7-8,12-13,16H,2-6,9-11H2,1H3/t13-,16-,18+/m1/s1. The van der Waals surface area contributed by atoms with Gasteiger partial charge >= 0.3 is 0 Å². The van der Waals surface area contributed by atoms with Crippen LogP contribution < -0.4 is 4.74 Å². The Morgan fingerprint density at radius 1 is 1.11 bits per heavy atom. The molecule has 0 aromatic heterocycles. The SMILES string of the molecule is COc1ccc2c(c1)[C@]13CCCC[C@@H]1[C@H](CCC3)C2. The first-order valence-electron chi connectivity index (χ1n) is 8.01. The number of methoxy groups -OCH3 is 1. The van der Waals surface area contributed by atoms with Crippen molar-refractivity contribution in [3.8, 4) is 5.75 Å². The van der Waals surface area contributed by atoms with Crippen LogP contribution in [0, 0.1) is 11.8 Å². The average Bonchev–Trinajstić information content (AvgIpc) is 2.47. The van der Waals surface area contributed by atoms with Crippen LogP contribution in [0.2, 0.25) is 0 Å². The highest BCUT2D eigenvalue weighted by molar-refractivity contribution is 5.44. The predicted molar refractivity (Wildman–Crippen MR) is 77.7 cm³/mol. The minimum absolute atomic E-state index is 0.517. The van der Waals surface area contributed by atoms with Crippen LogP contribution in [0.1, 0.15) is 56.1 Å². The predicted octanol–water partition coefficient (Wildman–Crippen LogP) is 4.48. The first-order valence-corrected chi connectivity index (χ1v) is 8.01. The Morgan fingerprint density at radius 3 is 2.89 bits per heavy atom. The molecule has 0 radical (unpaired) electrons. The summed E-state index contributed by atoms with van der Waals surface area (Å²) in [6.45, 7) is 0. The molecule has 2 saturated carbocycles. The quantitative estimate of drug-likeness (QED) is 0.720. The molecule has 0 heterocycles. The van der Waals surface area contributed by atoms with Crippen LogP contribution in [0.25, 0.3) is 0 Å². The van der Waals surface area contributed by atoms with Gasteiger partial charge in [0.25, 0.3) is 0 Å². The minimum Gasteiger partial charge on any atom is -0.497 e. The summed E-state index contributed by atoms with van der Waals surface area (Å²) in [5, 5.41) is 0. The van der Waals surface area contributed by atoms with Crippen LogP contribution in [0.3, 0.4) is 0 Å². The Morgan fingerprint density at radius 2 is 2.00 bits per heavy atom. The van der Waals surface area contributed by atoms with Crippen LogP contribution >= 0.6 is 0 Å². The first-order chi connectivity index (χ1) is 9.33. The summed E-state index contributed by atoms with van der Waals surface area (Å²) in [6.07, 6.45) is 11.5. The molecule has 4 rings (SSSR count). The van der Waals surface area contributed by atoms with Gasteiger partial charge in [0, 0.05) is 0 Å². The maximum Gasteiger partial charge on any atom is 0.119 e. The lowest BCUT2D eigenvalue weighted by atomic mass is 9.49. The van der Waals surface area contributed by atoms with Crippen LogP contribution in [-0.2, 0) is 11.8 Å². The van der Waals surface area contributed by atoms with Gasteiger partial charge in [-0.2, -0.15) is 0 Å². The third-order valence-electron chi connectivity index (χ3n) is 6.20. The lowest BCUT2D eigenvalue weighted by Gasteiger charge is -2.55. The first kappa shape index (κ1) is 11.8. The number of rotatable bonds is 1. The third-order valence-corrected chi connectivity index (χ3v) is 6.20. The van der Waals surface area contributed by atoms with Crippen molar-refractivity contribution >= 4 is 0 Å². The molecule has 1 aromatic rings. The molecule has 3 atom stereocenters. The zero-order chi connectivity index (χ0) is 12.9. The van der Waals surface area contributed by atoms with E-state index < -0.39 is 0 Å². The smallest absolute Gasteiger partial charge is 0.119 e. The molecule has 2 bridgehead atoms. The van der Waals surface area contributed by atoms with Gasteiger partial charge < -0.3 is 4.74 Å². The highest BCUT2D eigenvalue weighted by Crippen LogP contribution is 2.58. The van der Waals surface area contributed by atoms with Crippen molar-refractivity contribution in [3.63, 3.8) is 0 Å². The lowest BCUT2D eigenvalue weighted by Crippen LogP contribution is -2.49. The van der Waals surface area contributed by atoms with Gasteiger partial charge in [0.1, 0.15) is 5.75 Å². The number of benzene rings is 1. The van der Waals surface area contributed by atoms with Gasteiger partial charge in [-0.25, -0.2) is 0 Å².